The first-order valence-corrected chi connectivity index (χ1v) is 5.03. The molecule has 0 fully saturated rings. The van der Waals surface area contributed by atoms with Gasteiger partial charge in [0.05, 0.1) is 6.54 Å². The van der Waals surface area contributed by atoms with Gasteiger partial charge in [-0.05, 0) is 33.9 Å². The van der Waals surface area contributed by atoms with Crippen molar-refractivity contribution in [2.75, 3.05) is 7.05 Å². The Morgan fingerprint density at radius 1 is 1.50 bits per heavy atom. The summed E-state index contributed by atoms with van der Waals surface area (Å²) < 4.78 is 5.60. The summed E-state index contributed by atoms with van der Waals surface area (Å²) in [5, 5.41) is 0. The summed E-state index contributed by atoms with van der Waals surface area (Å²) in [7, 11) is 2.09. The number of aryl methyl sites for hydroxylation is 1. The van der Waals surface area contributed by atoms with E-state index in [4.69, 9.17) is 10.2 Å². The van der Waals surface area contributed by atoms with Gasteiger partial charge in [-0.3, -0.25) is 4.90 Å². The zero-order valence-corrected chi connectivity index (χ0v) is 9.50. The van der Waals surface area contributed by atoms with E-state index in [9.17, 15) is 0 Å². The molecule has 0 unspecified atom stereocenters. The highest BCUT2D eigenvalue weighted by Crippen LogP contribution is 2.15. The predicted octanol–water partition coefficient (Wildman–Crippen LogP) is 1.89. The average molecular weight is 196 g/mol. The lowest BCUT2D eigenvalue weighted by Gasteiger charge is -2.19. The molecule has 3 nitrogen and oxygen atoms in total. The molecular weight excluding hydrogens is 176 g/mol. The molecule has 0 aliphatic heterocycles. The van der Waals surface area contributed by atoms with Crippen LogP contribution in [-0.4, -0.2) is 18.0 Å². The van der Waals surface area contributed by atoms with Crippen LogP contribution in [0.4, 0.5) is 0 Å². The number of hydrogen-bond donors (Lipinski definition) is 1. The molecule has 1 rings (SSSR count). The summed E-state index contributed by atoms with van der Waals surface area (Å²) in [5.41, 5.74) is 6.69. The van der Waals surface area contributed by atoms with Crippen molar-refractivity contribution >= 4 is 0 Å². The lowest BCUT2D eigenvalue weighted by Crippen LogP contribution is -2.25. The van der Waals surface area contributed by atoms with Crippen molar-refractivity contribution < 1.29 is 4.42 Å². The van der Waals surface area contributed by atoms with E-state index in [0.717, 1.165) is 23.6 Å². The Bertz CT molecular complexity index is 291. The lowest BCUT2D eigenvalue weighted by molar-refractivity contribution is 0.242. The zero-order valence-electron chi connectivity index (χ0n) is 9.50. The van der Waals surface area contributed by atoms with Gasteiger partial charge in [-0.25, -0.2) is 0 Å². The molecule has 0 aliphatic rings. The van der Waals surface area contributed by atoms with Crippen molar-refractivity contribution in [1.29, 1.82) is 0 Å². The minimum absolute atomic E-state index is 0.529. The Hall–Kier alpha value is -0.800. The molecule has 0 aromatic carbocycles. The van der Waals surface area contributed by atoms with E-state index in [1.807, 2.05) is 13.0 Å². The van der Waals surface area contributed by atoms with Gasteiger partial charge in [0.2, 0.25) is 0 Å². The molecule has 0 amide bonds. The van der Waals surface area contributed by atoms with E-state index in [0.29, 0.717) is 12.6 Å². The third-order valence-electron chi connectivity index (χ3n) is 2.58. The molecule has 0 bridgehead atoms. The smallest absolute Gasteiger partial charge is 0.118 e. The molecule has 0 saturated heterocycles. The van der Waals surface area contributed by atoms with Crippen molar-refractivity contribution in [2.24, 2.45) is 5.73 Å². The van der Waals surface area contributed by atoms with Crippen molar-refractivity contribution in [3.05, 3.63) is 23.2 Å². The SMILES string of the molecule is Cc1oc(CN(C)C(C)C)cc1CN. The van der Waals surface area contributed by atoms with Gasteiger partial charge in [-0.15, -0.1) is 0 Å². The highest BCUT2D eigenvalue weighted by molar-refractivity contribution is 5.20. The third-order valence-corrected chi connectivity index (χ3v) is 2.58. The van der Waals surface area contributed by atoms with E-state index in [-0.39, 0.29) is 0 Å². The maximum Gasteiger partial charge on any atom is 0.118 e. The standard InChI is InChI=1S/C11H20N2O/c1-8(2)13(4)7-11-5-10(6-12)9(3)14-11/h5,8H,6-7,12H2,1-4H3. The van der Waals surface area contributed by atoms with Crippen molar-refractivity contribution in [3.63, 3.8) is 0 Å². The third kappa shape index (κ3) is 2.59. The van der Waals surface area contributed by atoms with Crippen LogP contribution in [0.15, 0.2) is 10.5 Å². The minimum Gasteiger partial charge on any atom is -0.465 e. The average Bonchev–Trinajstić information content (AvgIpc) is 2.45. The summed E-state index contributed by atoms with van der Waals surface area (Å²) in [4.78, 5) is 2.23. The van der Waals surface area contributed by atoms with Gasteiger partial charge in [-0.1, -0.05) is 0 Å². The Balaban J connectivity index is 2.68. The molecule has 1 aromatic rings. The van der Waals surface area contributed by atoms with Crippen LogP contribution >= 0.6 is 0 Å². The summed E-state index contributed by atoms with van der Waals surface area (Å²) >= 11 is 0. The number of nitrogens with zero attached hydrogens (tertiary/aromatic N) is 1. The van der Waals surface area contributed by atoms with Crippen LogP contribution in [0, 0.1) is 6.92 Å². The monoisotopic (exact) mass is 196 g/mol. The Labute approximate surface area is 85.9 Å². The molecule has 0 spiro atoms. The Morgan fingerprint density at radius 2 is 2.14 bits per heavy atom. The summed E-state index contributed by atoms with van der Waals surface area (Å²) in [6, 6.07) is 2.58. The number of furan rings is 1. The van der Waals surface area contributed by atoms with E-state index < -0.39 is 0 Å². The first kappa shape index (κ1) is 11.3. The van der Waals surface area contributed by atoms with Crippen molar-refractivity contribution in [3.8, 4) is 0 Å². The molecular formula is C11H20N2O. The largest absolute Gasteiger partial charge is 0.465 e. The van der Waals surface area contributed by atoms with Crippen LogP contribution in [0.1, 0.15) is 30.9 Å². The molecule has 80 valence electrons. The molecule has 0 radical (unpaired) electrons. The fourth-order valence-electron chi connectivity index (χ4n) is 1.30. The Kier molecular flexibility index (Phi) is 3.72. The van der Waals surface area contributed by atoms with Gasteiger partial charge >= 0.3 is 0 Å². The van der Waals surface area contributed by atoms with Gasteiger partial charge in [0.25, 0.3) is 0 Å². The van der Waals surface area contributed by atoms with Crippen LogP contribution in [0.3, 0.4) is 0 Å². The number of hydrogen-bond acceptors (Lipinski definition) is 3. The fraction of sp³-hybridized carbons (Fsp3) is 0.636. The van der Waals surface area contributed by atoms with Crippen LogP contribution in [0.5, 0.6) is 0 Å². The molecule has 14 heavy (non-hydrogen) atoms. The molecule has 2 N–H and O–H groups in total. The van der Waals surface area contributed by atoms with Gasteiger partial charge < -0.3 is 10.2 Å². The molecule has 1 aromatic heterocycles. The first-order chi connectivity index (χ1) is 6.54. The molecule has 3 heteroatoms. The summed E-state index contributed by atoms with van der Waals surface area (Å²) in [6.45, 7) is 7.69. The molecule has 1 heterocycles. The fourth-order valence-corrected chi connectivity index (χ4v) is 1.30. The summed E-state index contributed by atoms with van der Waals surface area (Å²) in [6.07, 6.45) is 0. The van der Waals surface area contributed by atoms with E-state index in [1.54, 1.807) is 0 Å². The second-order valence-corrected chi connectivity index (χ2v) is 4.01. The van der Waals surface area contributed by atoms with Crippen LogP contribution < -0.4 is 5.73 Å². The van der Waals surface area contributed by atoms with E-state index in [2.05, 4.69) is 25.8 Å². The first-order valence-electron chi connectivity index (χ1n) is 5.03. The minimum atomic E-state index is 0.529. The number of rotatable bonds is 4. The van der Waals surface area contributed by atoms with Gasteiger partial charge in [-0.2, -0.15) is 0 Å². The topological polar surface area (TPSA) is 42.4 Å². The van der Waals surface area contributed by atoms with Crippen LogP contribution in [0.2, 0.25) is 0 Å². The molecule has 0 saturated carbocycles. The normalized spacial score (nSPS) is 11.6. The van der Waals surface area contributed by atoms with Crippen molar-refractivity contribution in [2.45, 2.75) is 39.9 Å². The number of nitrogens with two attached hydrogens (primary N) is 1. The highest BCUT2D eigenvalue weighted by Gasteiger charge is 2.09. The molecule has 0 atom stereocenters. The van der Waals surface area contributed by atoms with Gasteiger partial charge in [0.1, 0.15) is 11.5 Å². The summed E-state index contributed by atoms with van der Waals surface area (Å²) in [5.74, 6) is 1.94. The molecule has 0 aliphatic carbocycles. The van der Waals surface area contributed by atoms with Crippen LogP contribution in [0.25, 0.3) is 0 Å². The maximum atomic E-state index is 5.60. The van der Waals surface area contributed by atoms with E-state index in [1.165, 1.54) is 0 Å². The highest BCUT2D eigenvalue weighted by atomic mass is 16.3. The van der Waals surface area contributed by atoms with Gasteiger partial charge in [0.15, 0.2) is 0 Å². The second-order valence-electron chi connectivity index (χ2n) is 4.01. The Morgan fingerprint density at radius 3 is 2.57 bits per heavy atom. The zero-order chi connectivity index (χ0) is 10.7. The quantitative estimate of drug-likeness (QED) is 0.799. The van der Waals surface area contributed by atoms with Gasteiger partial charge in [0, 0.05) is 18.2 Å². The van der Waals surface area contributed by atoms with Crippen molar-refractivity contribution in [1.82, 2.24) is 4.90 Å². The second kappa shape index (κ2) is 4.62. The maximum absolute atomic E-state index is 5.60. The van der Waals surface area contributed by atoms with E-state index >= 15 is 0 Å². The van der Waals surface area contributed by atoms with Crippen LogP contribution in [-0.2, 0) is 13.1 Å². The lowest BCUT2D eigenvalue weighted by atomic mass is 10.2. The predicted molar refractivity (Wildman–Crippen MR) is 57.9 cm³/mol.